The second kappa shape index (κ2) is 4.40. The van der Waals surface area contributed by atoms with Gasteiger partial charge in [-0.05, 0) is 0 Å². The molecule has 6 heteroatoms. The largest absolute Gasteiger partial charge is 0.481 e. The monoisotopic (exact) mass is 197 g/mol. The Morgan fingerprint density at radius 2 is 2.36 bits per heavy atom. The van der Waals surface area contributed by atoms with Crippen LogP contribution in [0.4, 0.5) is 0 Å². The molecule has 0 aliphatic rings. The molecule has 1 amide bonds. The van der Waals surface area contributed by atoms with Gasteiger partial charge in [0, 0.05) is 25.4 Å². The summed E-state index contributed by atoms with van der Waals surface area (Å²) in [5, 5.41) is 14.7. The van der Waals surface area contributed by atoms with Crippen molar-refractivity contribution >= 4 is 11.9 Å². The summed E-state index contributed by atoms with van der Waals surface area (Å²) in [5.74, 6) is -1.63. The van der Waals surface area contributed by atoms with Crippen molar-refractivity contribution < 1.29 is 14.7 Å². The highest BCUT2D eigenvalue weighted by molar-refractivity contribution is 5.93. The lowest BCUT2D eigenvalue weighted by molar-refractivity contribution is -0.140. The van der Waals surface area contributed by atoms with E-state index in [1.54, 1.807) is 24.1 Å². The highest BCUT2D eigenvalue weighted by Gasteiger charge is 2.06. The third-order valence-corrected chi connectivity index (χ3v) is 1.56. The van der Waals surface area contributed by atoms with Crippen molar-refractivity contribution in [2.45, 2.75) is 13.0 Å². The quantitative estimate of drug-likeness (QED) is 0.638. The maximum atomic E-state index is 10.9. The second-order valence-corrected chi connectivity index (χ2v) is 2.87. The summed E-state index contributed by atoms with van der Waals surface area (Å²) in [4.78, 5) is 21.1. The van der Waals surface area contributed by atoms with Gasteiger partial charge in [0.25, 0.3) is 0 Å². The van der Waals surface area contributed by atoms with Crippen molar-refractivity contribution in [2.75, 3.05) is 0 Å². The molecule has 0 spiro atoms. The van der Waals surface area contributed by atoms with Crippen LogP contribution in [0, 0.1) is 0 Å². The Hall–Kier alpha value is -1.85. The summed E-state index contributed by atoms with van der Waals surface area (Å²) < 4.78 is 1.61. The fourth-order valence-electron chi connectivity index (χ4n) is 0.964. The lowest BCUT2D eigenvalue weighted by Crippen LogP contribution is -2.24. The van der Waals surface area contributed by atoms with Gasteiger partial charge in [0.15, 0.2) is 0 Å². The van der Waals surface area contributed by atoms with Crippen LogP contribution in [0.1, 0.15) is 12.0 Å². The number of aromatic nitrogens is 2. The van der Waals surface area contributed by atoms with E-state index < -0.39 is 18.3 Å². The predicted molar refractivity (Wildman–Crippen MR) is 47.3 cm³/mol. The highest BCUT2D eigenvalue weighted by atomic mass is 16.4. The average molecular weight is 197 g/mol. The van der Waals surface area contributed by atoms with Gasteiger partial charge in [-0.3, -0.25) is 14.3 Å². The van der Waals surface area contributed by atoms with Crippen LogP contribution in [0.25, 0.3) is 0 Å². The van der Waals surface area contributed by atoms with Crippen LogP contribution >= 0.6 is 0 Å². The fourth-order valence-corrected chi connectivity index (χ4v) is 0.964. The molecule has 0 saturated carbocycles. The Morgan fingerprint density at radius 1 is 1.64 bits per heavy atom. The standard InChI is InChI=1S/C8H11N3O3/c1-11-5-6(4-10-11)3-9-7(12)2-8(13)14/h4-5H,2-3H2,1H3,(H,9,12)(H,13,14). The molecule has 1 heterocycles. The van der Waals surface area contributed by atoms with Crippen molar-refractivity contribution in [3.05, 3.63) is 18.0 Å². The predicted octanol–water partition coefficient (Wildman–Crippen LogP) is -0.489. The zero-order valence-electron chi connectivity index (χ0n) is 7.73. The van der Waals surface area contributed by atoms with Gasteiger partial charge >= 0.3 is 5.97 Å². The lowest BCUT2D eigenvalue weighted by Gasteiger charge is -1.99. The summed E-state index contributed by atoms with van der Waals surface area (Å²) in [7, 11) is 1.77. The summed E-state index contributed by atoms with van der Waals surface area (Å²) in [6.07, 6.45) is 2.86. The molecule has 0 aromatic carbocycles. The molecule has 6 nitrogen and oxygen atoms in total. The maximum Gasteiger partial charge on any atom is 0.312 e. The molecule has 1 aromatic rings. The molecule has 0 bridgehead atoms. The number of aryl methyl sites for hydroxylation is 1. The number of carboxylic acid groups (broad SMARTS) is 1. The van der Waals surface area contributed by atoms with Gasteiger partial charge in [0.05, 0.1) is 6.20 Å². The van der Waals surface area contributed by atoms with E-state index >= 15 is 0 Å². The van der Waals surface area contributed by atoms with Crippen LogP contribution in [-0.2, 0) is 23.2 Å². The lowest BCUT2D eigenvalue weighted by atomic mass is 10.3. The van der Waals surface area contributed by atoms with Crippen LogP contribution in [0.2, 0.25) is 0 Å². The molecule has 14 heavy (non-hydrogen) atoms. The van der Waals surface area contributed by atoms with Crippen LogP contribution in [0.3, 0.4) is 0 Å². The van der Waals surface area contributed by atoms with Gasteiger partial charge in [-0.25, -0.2) is 0 Å². The molecular weight excluding hydrogens is 186 g/mol. The van der Waals surface area contributed by atoms with E-state index in [2.05, 4.69) is 10.4 Å². The first-order valence-electron chi connectivity index (χ1n) is 4.04. The molecule has 0 aliphatic heterocycles. The summed E-state index contributed by atoms with van der Waals surface area (Å²) >= 11 is 0. The number of aliphatic carboxylic acids is 1. The van der Waals surface area contributed by atoms with E-state index in [9.17, 15) is 9.59 Å². The third-order valence-electron chi connectivity index (χ3n) is 1.56. The number of nitrogens with one attached hydrogen (secondary N) is 1. The maximum absolute atomic E-state index is 10.9. The third kappa shape index (κ3) is 3.26. The molecule has 0 fully saturated rings. The van der Waals surface area contributed by atoms with Crippen molar-refractivity contribution in [2.24, 2.45) is 7.05 Å². The average Bonchev–Trinajstić information content (AvgIpc) is 2.47. The van der Waals surface area contributed by atoms with Crippen molar-refractivity contribution in [1.29, 1.82) is 0 Å². The van der Waals surface area contributed by atoms with E-state index in [1.165, 1.54) is 0 Å². The topological polar surface area (TPSA) is 84.2 Å². The minimum Gasteiger partial charge on any atom is -0.481 e. The number of hydrogen-bond acceptors (Lipinski definition) is 3. The minimum absolute atomic E-state index is 0.306. The van der Waals surface area contributed by atoms with E-state index in [0.29, 0.717) is 6.54 Å². The van der Waals surface area contributed by atoms with Gasteiger partial charge in [-0.15, -0.1) is 0 Å². The molecule has 1 rings (SSSR count). The normalized spacial score (nSPS) is 9.79. The molecule has 0 atom stereocenters. The Balaban J connectivity index is 2.34. The first kappa shape index (κ1) is 10.2. The smallest absolute Gasteiger partial charge is 0.312 e. The minimum atomic E-state index is -1.13. The number of carbonyl (C=O) groups excluding carboxylic acids is 1. The SMILES string of the molecule is Cn1cc(CNC(=O)CC(=O)O)cn1. The zero-order chi connectivity index (χ0) is 10.6. The Morgan fingerprint density at radius 3 is 2.86 bits per heavy atom. The van der Waals surface area contributed by atoms with E-state index in [-0.39, 0.29) is 0 Å². The van der Waals surface area contributed by atoms with E-state index in [0.717, 1.165) is 5.56 Å². The molecule has 1 aromatic heterocycles. The van der Waals surface area contributed by atoms with Gasteiger partial charge in [0.1, 0.15) is 6.42 Å². The second-order valence-electron chi connectivity index (χ2n) is 2.87. The van der Waals surface area contributed by atoms with Crippen molar-refractivity contribution in [3.63, 3.8) is 0 Å². The van der Waals surface area contributed by atoms with Gasteiger partial charge < -0.3 is 10.4 Å². The molecular formula is C8H11N3O3. The number of hydrogen-bond donors (Lipinski definition) is 2. The summed E-state index contributed by atoms with van der Waals surface area (Å²) in [6, 6.07) is 0. The molecule has 76 valence electrons. The molecule has 0 aliphatic carbocycles. The number of carbonyl (C=O) groups is 2. The summed E-state index contributed by atoms with van der Waals surface area (Å²) in [6.45, 7) is 0.306. The van der Waals surface area contributed by atoms with Crippen LogP contribution in [0.5, 0.6) is 0 Å². The molecule has 2 N–H and O–H groups in total. The van der Waals surface area contributed by atoms with Crippen LogP contribution in [-0.4, -0.2) is 26.8 Å². The Bertz CT molecular complexity index is 345. The van der Waals surface area contributed by atoms with E-state index in [1.807, 2.05) is 0 Å². The Kier molecular flexibility index (Phi) is 3.22. The van der Waals surface area contributed by atoms with Crippen LogP contribution in [0.15, 0.2) is 12.4 Å². The summed E-state index contributed by atoms with van der Waals surface area (Å²) in [5.41, 5.74) is 0.839. The van der Waals surface area contributed by atoms with Gasteiger partial charge in [-0.1, -0.05) is 0 Å². The number of carboxylic acids is 1. The zero-order valence-corrected chi connectivity index (χ0v) is 7.73. The van der Waals surface area contributed by atoms with Crippen molar-refractivity contribution in [3.8, 4) is 0 Å². The number of amides is 1. The van der Waals surface area contributed by atoms with Crippen LogP contribution < -0.4 is 5.32 Å². The first-order valence-corrected chi connectivity index (χ1v) is 4.04. The highest BCUT2D eigenvalue weighted by Crippen LogP contribution is 1.95. The Labute approximate surface area is 80.5 Å². The van der Waals surface area contributed by atoms with E-state index in [4.69, 9.17) is 5.11 Å². The number of rotatable bonds is 4. The van der Waals surface area contributed by atoms with Gasteiger partial charge in [0.2, 0.25) is 5.91 Å². The first-order chi connectivity index (χ1) is 6.58. The fraction of sp³-hybridized carbons (Fsp3) is 0.375. The molecule has 0 saturated heterocycles. The van der Waals surface area contributed by atoms with Crippen molar-refractivity contribution in [1.82, 2.24) is 15.1 Å². The molecule has 0 unspecified atom stereocenters. The van der Waals surface area contributed by atoms with Gasteiger partial charge in [-0.2, -0.15) is 5.10 Å². The molecule has 0 radical (unpaired) electrons. The number of nitrogens with zero attached hydrogens (tertiary/aromatic N) is 2.